The average molecular weight is 285 g/mol. The molecule has 2 aromatic rings. The lowest BCUT2D eigenvalue weighted by Crippen LogP contribution is -2.32. The first-order chi connectivity index (χ1) is 10.3. The van der Waals surface area contributed by atoms with Crippen molar-refractivity contribution < 1.29 is 9.21 Å². The molecule has 1 amide bonds. The Hall–Kier alpha value is -2.14. The summed E-state index contributed by atoms with van der Waals surface area (Å²) in [7, 11) is 2.12. The lowest BCUT2D eigenvalue weighted by atomic mass is 9.94. The first kappa shape index (κ1) is 13.8. The van der Waals surface area contributed by atoms with Crippen LogP contribution < -0.4 is 5.32 Å². The second-order valence-corrected chi connectivity index (χ2v) is 5.48. The highest BCUT2D eigenvalue weighted by Crippen LogP contribution is 2.35. The number of nitrogens with zero attached hydrogens (tertiary/aromatic N) is 2. The van der Waals surface area contributed by atoms with Crippen molar-refractivity contribution in [1.29, 1.82) is 0 Å². The molecular weight excluding hydrogens is 266 g/mol. The summed E-state index contributed by atoms with van der Waals surface area (Å²) in [6.45, 7) is 1.69. The van der Waals surface area contributed by atoms with Crippen LogP contribution in [0, 0.1) is 5.92 Å². The van der Waals surface area contributed by atoms with E-state index in [2.05, 4.69) is 28.3 Å². The molecule has 2 aromatic heterocycles. The minimum absolute atomic E-state index is 0.0803. The molecule has 1 N–H and O–H groups in total. The first-order valence-corrected chi connectivity index (χ1v) is 7.16. The lowest BCUT2D eigenvalue weighted by Gasteiger charge is -2.25. The predicted octanol–water partition coefficient (Wildman–Crippen LogP) is 2.10. The molecule has 0 spiro atoms. The van der Waals surface area contributed by atoms with Gasteiger partial charge in [-0.05, 0) is 43.6 Å². The zero-order chi connectivity index (χ0) is 14.7. The summed E-state index contributed by atoms with van der Waals surface area (Å²) in [5.41, 5.74) is 1.78. The number of carbonyl (C=O) groups excluding carboxylic acids is 1. The Labute approximate surface area is 124 Å². The Morgan fingerprint density at radius 2 is 2.43 bits per heavy atom. The summed E-state index contributed by atoms with van der Waals surface area (Å²) >= 11 is 0. The highest BCUT2D eigenvalue weighted by molar-refractivity contribution is 5.93. The van der Waals surface area contributed by atoms with Gasteiger partial charge in [0.1, 0.15) is 6.26 Å². The Morgan fingerprint density at radius 1 is 1.52 bits per heavy atom. The molecule has 1 aliphatic rings. The molecule has 5 nitrogen and oxygen atoms in total. The van der Waals surface area contributed by atoms with Crippen LogP contribution >= 0.6 is 0 Å². The van der Waals surface area contributed by atoms with Gasteiger partial charge in [0.25, 0.3) is 5.91 Å². The fourth-order valence-corrected chi connectivity index (χ4v) is 3.04. The van der Waals surface area contributed by atoms with Crippen LogP contribution in [0.15, 0.2) is 47.5 Å². The van der Waals surface area contributed by atoms with Crippen molar-refractivity contribution in [2.45, 2.75) is 12.5 Å². The number of nitrogens with one attached hydrogen (secondary N) is 1. The van der Waals surface area contributed by atoms with E-state index in [-0.39, 0.29) is 5.91 Å². The molecule has 1 aliphatic heterocycles. The van der Waals surface area contributed by atoms with Gasteiger partial charge in [-0.2, -0.15) is 0 Å². The van der Waals surface area contributed by atoms with E-state index < -0.39 is 0 Å². The topological polar surface area (TPSA) is 58.4 Å². The molecule has 3 rings (SSSR count). The highest BCUT2D eigenvalue weighted by Gasteiger charge is 2.33. The van der Waals surface area contributed by atoms with Crippen LogP contribution in [-0.4, -0.2) is 35.9 Å². The maximum Gasteiger partial charge on any atom is 0.254 e. The van der Waals surface area contributed by atoms with E-state index in [9.17, 15) is 4.79 Å². The molecule has 0 unspecified atom stereocenters. The van der Waals surface area contributed by atoms with Crippen LogP contribution in [-0.2, 0) is 0 Å². The van der Waals surface area contributed by atoms with Gasteiger partial charge in [0.15, 0.2) is 0 Å². The van der Waals surface area contributed by atoms with Crippen molar-refractivity contribution >= 4 is 5.91 Å². The van der Waals surface area contributed by atoms with Crippen LogP contribution in [0.3, 0.4) is 0 Å². The first-order valence-electron chi connectivity index (χ1n) is 7.16. The molecule has 1 fully saturated rings. The second kappa shape index (κ2) is 6.10. The standard InChI is InChI=1S/C16H19N3O2/c1-19-7-4-13(15(19)12-3-2-6-17-9-12)10-18-16(20)14-5-8-21-11-14/h2-3,5-6,8-9,11,13,15H,4,7,10H2,1H3,(H,18,20)/t13-,15-/m0/s1. The van der Waals surface area contributed by atoms with Crippen LogP contribution in [0.1, 0.15) is 28.4 Å². The van der Waals surface area contributed by atoms with Gasteiger partial charge in [-0.3, -0.25) is 14.7 Å². The van der Waals surface area contributed by atoms with E-state index >= 15 is 0 Å². The van der Waals surface area contributed by atoms with E-state index in [1.807, 2.05) is 12.3 Å². The third-order valence-corrected chi connectivity index (χ3v) is 4.11. The van der Waals surface area contributed by atoms with Crippen molar-refractivity contribution in [2.24, 2.45) is 5.92 Å². The molecular formula is C16H19N3O2. The second-order valence-electron chi connectivity index (χ2n) is 5.48. The Kier molecular flexibility index (Phi) is 4.01. The summed E-state index contributed by atoms with van der Waals surface area (Å²) in [5.74, 6) is 0.318. The smallest absolute Gasteiger partial charge is 0.254 e. The Morgan fingerprint density at radius 3 is 3.14 bits per heavy atom. The van der Waals surface area contributed by atoms with Crippen molar-refractivity contribution in [3.63, 3.8) is 0 Å². The Bertz CT molecular complexity index is 583. The van der Waals surface area contributed by atoms with Crippen molar-refractivity contribution in [1.82, 2.24) is 15.2 Å². The summed E-state index contributed by atoms with van der Waals surface area (Å²) in [5, 5.41) is 3.00. The maximum absolute atomic E-state index is 12.0. The van der Waals surface area contributed by atoms with Crippen LogP contribution in [0.25, 0.3) is 0 Å². The SMILES string of the molecule is CN1CC[C@@H](CNC(=O)c2ccoc2)[C@@H]1c1cccnc1. The predicted molar refractivity (Wildman–Crippen MR) is 78.8 cm³/mol. The molecule has 0 radical (unpaired) electrons. The van der Waals surface area contributed by atoms with Gasteiger partial charge in [0.05, 0.1) is 11.8 Å². The summed E-state index contributed by atoms with van der Waals surface area (Å²) < 4.78 is 4.94. The monoisotopic (exact) mass is 285 g/mol. The van der Waals surface area contributed by atoms with E-state index in [1.165, 1.54) is 18.1 Å². The minimum atomic E-state index is -0.0803. The van der Waals surface area contributed by atoms with Gasteiger partial charge >= 0.3 is 0 Å². The molecule has 3 heterocycles. The summed E-state index contributed by atoms with van der Waals surface area (Å²) in [6, 6.07) is 6.05. The molecule has 110 valence electrons. The zero-order valence-electron chi connectivity index (χ0n) is 12.0. The zero-order valence-corrected chi connectivity index (χ0v) is 12.0. The van der Waals surface area contributed by atoms with Gasteiger partial charge in [0, 0.05) is 25.0 Å². The number of carbonyl (C=O) groups is 1. The van der Waals surface area contributed by atoms with Crippen LogP contribution in [0.2, 0.25) is 0 Å². The number of likely N-dealkylation sites (tertiary alicyclic amines) is 1. The fraction of sp³-hybridized carbons (Fsp3) is 0.375. The largest absolute Gasteiger partial charge is 0.472 e. The lowest BCUT2D eigenvalue weighted by molar-refractivity contribution is 0.0943. The molecule has 0 bridgehead atoms. The van der Waals surface area contributed by atoms with Gasteiger partial charge in [-0.25, -0.2) is 0 Å². The number of pyridine rings is 1. The Balaban J connectivity index is 1.66. The van der Waals surface area contributed by atoms with Gasteiger partial charge in [-0.15, -0.1) is 0 Å². The number of hydrogen-bond donors (Lipinski definition) is 1. The highest BCUT2D eigenvalue weighted by atomic mass is 16.3. The quantitative estimate of drug-likeness (QED) is 0.934. The average Bonchev–Trinajstić information content (AvgIpc) is 3.15. The van der Waals surface area contributed by atoms with Crippen molar-refractivity contribution in [3.8, 4) is 0 Å². The van der Waals surface area contributed by atoms with Gasteiger partial charge in [-0.1, -0.05) is 6.07 Å². The molecule has 0 aliphatic carbocycles. The summed E-state index contributed by atoms with van der Waals surface area (Å²) in [6.07, 6.45) is 7.75. The van der Waals surface area contributed by atoms with E-state index in [0.717, 1.165) is 13.0 Å². The van der Waals surface area contributed by atoms with E-state index in [0.29, 0.717) is 24.1 Å². The molecule has 2 atom stereocenters. The molecule has 21 heavy (non-hydrogen) atoms. The molecule has 1 saturated heterocycles. The summed E-state index contributed by atoms with van der Waals surface area (Å²) in [4.78, 5) is 18.5. The normalized spacial score (nSPS) is 22.3. The van der Waals surface area contributed by atoms with E-state index in [4.69, 9.17) is 4.42 Å². The van der Waals surface area contributed by atoms with Crippen molar-refractivity contribution in [2.75, 3.05) is 20.1 Å². The molecule has 5 heteroatoms. The molecule has 0 aromatic carbocycles. The van der Waals surface area contributed by atoms with Crippen LogP contribution in [0.5, 0.6) is 0 Å². The van der Waals surface area contributed by atoms with Gasteiger partial charge < -0.3 is 9.73 Å². The molecule has 0 saturated carbocycles. The number of furan rings is 1. The van der Waals surface area contributed by atoms with Crippen LogP contribution in [0.4, 0.5) is 0 Å². The van der Waals surface area contributed by atoms with E-state index in [1.54, 1.807) is 12.3 Å². The minimum Gasteiger partial charge on any atom is -0.472 e. The fourth-order valence-electron chi connectivity index (χ4n) is 3.04. The third-order valence-electron chi connectivity index (χ3n) is 4.11. The third kappa shape index (κ3) is 2.97. The number of amides is 1. The van der Waals surface area contributed by atoms with Crippen molar-refractivity contribution in [3.05, 3.63) is 54.2 Å². The number of hydrogen-bond acceptors (Lipinski definition) is 4. The number of aromatic nitrogens is 1. The van der Waals surface area contributed by atoms with Gasteiger partial charge in [0.2, 0.25) is 0 Å². The maximum atomic E-state index is 12.0. The number of rotatable bonds is 4.